The summed E-state index contributed by atoms with van der Waals surface area (Å²) >= 11 is 0. The smallest absolute Gasteiger partial charge is 0.293 e. The zero-order valence-electron chi connectivity index (χ0n) is 18.4. The molecule has 0 radical (unpaired) electrons. The second-order valence-electron chi connectivity index (χ2n) is 8.76. The first-order valence-corrected chi connectivity index (χ1v) is 11.5. The number of carbonyl (C=O) groups excluding carboxylic acids is 1. The summed E-state index contributed by atoms with van der Waals surface area (Å²) < 4.78 is 2.01. The van der Waals surface area contributed by atoms with E-state index in [1.807, 2.05) is 34.0 Å². The van der Waals surface area contributed by atoms with Crippen LogP contribution in [0.15, 0.2) is 54.7 Å². The van der Waals surface area contributed by atoms with Gasteiger partial charge >= 0.3 is 0 Å². The summed E-state index contributed by atoms with van der Waals surface area (Å²) in [5.74, 6) is -0.292. The summed E-state index contributed by atoms with van der Waals surface area (Å²) in [6, 6.07) is 14.8. The van der Waals surface area contributed by atoms with Gasteiger partial charge in [-0.3, -0.25) is 19.6 Å². The Labute approximate surface area is 192 Å². The van der Waals surface area contributed by atoms with Crippen LogP contribution in [0, 0.1) is 10.1 Å². The molecule has 1 aromatic heterocycles. The third-order valence-corrected chi connectivity index (χ3v) is 6.62. The maximum absolute atomic E-state index is 13.1. The first-order chi connectivity index (χ1) is 16.1. The molecule has 170 valence electrons. The number of rotatable bonds is 6. The van der Waals surface area contributed by atoms with E-state index in [1.54, 1.807) is 12.1 Å². The standard InChI is InChI=1S/C25H27N5O3/c31-25(19-11-12-23(24(15-19)30(32)33)28-13-4-5-14-28)27-21-9-6-10-22-20(21)16-26-29(22)17-18-7-2-1-3-8-18/h1-3,7-8,11-12,15-16,21H,4-6,9-10,13-14,17H2,(H,27,31). The number of anilines is 1. The highest BCUT2D eigenvalue weighted by molar-refractivity contribution is 5.96. The number of aromatic nitrogens is 2. The lowest BCUT2D eigenvalue weighted by molar-refractivity contribution is -0.384. The fourth-order valence-electron chi connectivity index (χ4n) is 4.94. The molecule has 1 fully saturated rings. The first kappa shape index (κ1) is 21.2. The van der Waals surface area contributed by atoms with Gasteiger partial charge in [0.25, 0.3) is 11.6 Å². The average molecular weight is 446 g/mol. The SMILES string of the molecule is O=C(NC1CCCc2c1cnn2Cc1ccccc1)c1ccc(N2CCCC2)c([N+](=O)[O-])c1. The predicted molar refractivity (Wildman–Crippen MR) is 125 cm³/mol. The Kier molecular flexibility index (Phi) is 5.81. The van der Waals surface area contributed by atoms with E-state index >= 15 is 0 Å². The van der Waals surface area contributed by atoms with E-state index in [0.29, 0.717) is 17.8 Å². The number of nitrogens with zero attached hydrogens (tertiary/aromatic N) is 4. The van der Waals surface area contributed by atoms with Gasteiger partial charge in [-0.25, -0.2) is 0 Å². The molecule has 1 aliphatic carbocycles. The second-order valence-corrected chi connectivity index (χ2v) is 8.76. The number of nitrogens with one attached hydrogen (secondary N) is 1. The Hall–Kier alpha value is -3.68. The van der Waals surface area contributed by atoms with Crippen LogP contribution < -0.4 is 10.2 Å². The van der Waals surface area contributed by atoms with E-state index in [9.17, 15) is 14.9 Å². The summed E-state index contributed by atoms with van der Waals surface area (Å²) in [6.45, 7) is 2.31. The Bertz CT molecular complexity index is 1170. The zero-order chi connectivity index (χ0) is 22.8. The summed E-state index contributed by atoms with van der Waals surface area (Å²) in [6.07, 6.45) is 6.60. The first-order valence-electron chi connectivity index (χ1n) is 11.5. The van der Waals surface area contributed by atoms with Crippen molar-refractivity contribution < 1.29 is 9.72 Å². The maximum Gasteiger partial charge on any atom is 0.293 e. The molecule has 2 aromatic carbocycles. The Balaban J connectivity index is 1.35. The van der Waals surface area contributed by atoms with Gasteiger partial charge in [0.1, 0.15) is 5.69 Å². The molecule has 3 aromatic rings. The number of fused-ring (bicyclic) bond motifs is 1. The molecule has 1 atom stereocenters. The highest BCUT2D eigenvalue weighted by Gasteiger charge is 2.28. The molecule has 1 aliphatic heterocycles. The molecule has 2 heterocycles. The van der Waals surface area contributed by atoms with Crippen LogP contribution >= 0.6 is 0 Å². The summed E-state index contributed by atoms with van der Waals surface area (Å²) in [4.78, 5) is 26.4. The van der Waals surface area contributed by atoms with E-state index in [0.717, 1.165) is 56.5 Å². The van der Waals surface area contributed by atoms with Gasteiger partial charge in [-0.2, -0.15) is 5.10 Å². The van der Waals surface area contributed by atoms with Gasteiger partial charge in [0.15, 0.2) is 0 Å². The quantitative estimate of drug-likeness (QED) is 0.452. The highest BCUT2D eigenvalue weighted by Crippen LogP contribution is 2.33. The minimum Gasteiger partial charge on any atom is -0.366 e. The fourth-order valence-corrected chi connectivity index (χ4v) is 4.94. The molecule has 5 rings (SSSR count). The monoisotopic (exact) mass is 445 g/mol. The van der Waals surface area contributed by atoms with E-state index in [4.69, 9.17) is 0 Å². The molecule has 8 nitrogen and oxygen atoms in total. The van der Waals surface area contributed by atoms with E-state index in [2.05, 4.69) is 22.5 Å². The van der Waals surface area contributed by atoms with E-state index < -0.39 is 4.92 Å². The molecule has 33 heavy (non-hydrogen) atoms. The number of amides is 1. The molecule has 2 aliphatic rings. The van der Waals surface area contributed by atoms with Crippen molar-refractivity contribution in [3.8, 4) is 0 Å². The normalized spacial score (nSPS) is 17.6. The van der Waals surface area contributed by atoms with Crippen molar-refractivity contribution in [2.45, 2.75) is 44.7 Å². The van der Waals surface area contributed by atoms with Crippen molar-refractivity contribution in [1.82, 2.24) is 15.1 Å². The van der Waals surface area contributed by atoms with Gasteiger partial charge in [-0.05, 0) is 49.8 Å². The lowest BCUT2D eigenvalue weighted by Crippen LogP contribution is -2.31. The van der Waals surface area contributed by atoms with Gasteiger partial charge in [-0.15, -0.1) is 0 Å². The molecule has 1 saturated heterocycles. The van der Waals surface area contributed by atoms with Gasteiger partial charge in [-0.1, -0.05) is 30.3 Å². The number of hydrogen-bond donors (Lipinski definition) is 1. The van der Waals surface area contributed by atoms with Crippen molar-refractivity contribution in [3.05, 3.63) is 87.2 Å². The number of hydrogen-bond acceptors (Lipinski definition) is 5. The van der Waals surface area contributed by atoms with Gasteiger partial charge in [0.05, 0.1) is 23.7 Å². The Morgan fingerprint density at radius 2 is 1.91 bits per heavy atom. The van der Waals surface area contributed by atoms with Crippen LogP contribution in [0.25, 0.3) is 0 Å². The molecular formula is C25H27N5O3. The van der Waals surface area contributed by atoms with Crippen LogP contribution in [0.3, 0.4) is 0 Å². The number of nitro benzene ring substituents is 1. The van der Waals surface area contributed by atoms with Crippen LogP contribution in [-0.2, 0) is 13.0 Å². The fraction of sp³-hybridized carbons (Fsp3) is 0.360. The van der Waals surface area contributed by atoms with Crippen LogP contribution in [0.1, 0.15) is 58.9 Å². The third kappa shape index (κ3) is 4.33. The lowest BCUT2D eigenvalue weighted by Gasteiger charge is -2.24. The number of benzene rings is 2. The topological polar surface area (TPSA) is 93.3 Å². The minimum absolute atomic E-state index is 0.00966. The van der Waals surface area contributed by atoms with Crippen molar-refractivity contribution >= 4 is 17.3 Å². The van der Waals surface area contributed by atoms with E-state index in [1.165, 1.54) is 11.6 Å². The molecule has 1 unspecified atom stereocenters. The molecular weight excluding hydrogens is 418 g/mol. The Morgan fingerprint density at radius 3 is 2.67 bits per heavy atom. The number of carbonyl (C=O) groups is 1. The Morgan fingerprint density at radius 1 is 1.12 bits per heavy atom. The molecule has 0 bridgehead atoms. The van der Waals surface area contributed by atoms with Gasteiger partial charge in [0, 0.05) is 36.0 Å². The molecule has 0 saturated carbocycles. The third-order valence-electron chi connectivity index (χ3n) is 6.62. The molecule has 1 N–H and O–H groups in total. The van der Waals surface area contributed by atoms with E-state index in [-0.39, 0.29) is 17.6 Å². The van der Waals surface area contributed by atoms with Crippen molar-refractivity contribution in [3.63, 3.8) is 0 Å². The van der Waals surface area contributed by atoms with Crippen LogP contribution in [0.4, 0.5) is 11.4 Å². The van der Waals surface area contributed by atoms with Crippen LogP contribution in [0.2, 0.25) is 0 Å². The average Bonchev–Trinajstić information content (AvgIpc) is 3.51. The summed E-state index contributed by atoms with van der Waals surface area (Å²) in [7, 11) is 0. The summed E-state index contributed by atoms with van der Waals surface area (Å²) in [5.41, 5.74) is 4.26. The van der Waals surface area contributed by atoms with Gasteiger partial charge < -0.3 is 10.2 Å². The predicted octanol–water partition coefficient (Wildman–Crippen LogP) is 4.25. The largest absolute Gasteiger partial charge is 0.366 e. The lowest BCUT2D eigenvalue weighted by atomic mass is 9.92. The summed E-state index contributed by atoms with van der Waals surface area (Å²) in [5, 5.41) is 19.4. The van der Waals surface area contributed by atoms with Crippen molar-refractivity contribution in [2.24, 2.45) is 0 Å². The van der Waals surface area contributed by atoms with Gasteiger partial charge in [0.2, 0.25) is 0 Å². The molecule has 1 amide bonds. The maximum atomic E-state index is 13.1. The minimum atomic E-state index is -0.392. The van der Waals surface area contributed by atoms with Crippen LogP contribution in [0.5, 0.6) is 0 Å². The second kappa shape index (κ2) is 9.05. The highest BCUT2D eigenvalue weighted by atomic mass is 16.6. The van der Waals surface area contributed by atoms with Crippen molar-refractivity contribution in [1.29, 1.82) is 0 Å². The van der Waals surface area contributed by atoms with Crippen molar-refractivity contribution in [2.75, 3.05) is 18.0 Å². The zero-order valence-corrected chi connectivity index (χ0v) is 18.4. The van der Waals surface area contributed by atoms with Crippen LogP contribution in [-0.4, -0.2) is 33.7 Å². The molecule has 0 spiro atoms. The number of nitro groups is 1. The molecule has 8 heteroatoms.